The molecule has 2 aromatic heterocycles. The minimum Gasteiger partial charge on any atom is -0.489 e. The van der Waals surface area contributed by atoms with E-state index >= 15 is 0 Å². The predicted octanol–water partition coefficient (Wildman–Crippen LogP) is 2.12. The Morgan fingerprint density at radius 1 is 0.791 bits per heavy atom. The van der Waals surface area contributed by atoms with E-state index in [1.807, 2.05) is 0 Å². The lowest BCUT2D eigenvalue weighted by Gasteiger charge is -2.21. The molecule has 0 radical (unpaired) electrons. The first-order chi connectivity index (χ1) is 20.6. The van der Waals surface area contributed by atoms with Gasteiger partial charge in [-0.05, 0) is 43.7 Å². The van der Waals surface area contributed by atoms with Gasteiger partial charge in [0.1, 0.15) is 52.7 Å². The number of carbonyl (C=O) groups is 3. The molecule has 14 nitrogen and oxygen atoms in total. The molecule has 0 bridgehead atoms. The number of nitrogens with two attached hydrogens (primary N) is 2. The Morgan fingerprint density at radius 2 is 1.28 bits per heavy atom. The zero-order valence-electron chi connectivity index (χ0n) is 22.6. The maximum absolute atomic E-state index is 12.8. The van der Waals surface area contributed by atoms with Gasteiger partial charge in [0.15, 0.2) is 17.0 Å². The summed E-state index contributed by atoms with van der Waals surface area (Å²) >= 11 is 0. The fraction of sp³-hybridized carbons (Fsp3) is 0.276. The highest BCUT2D eigenvalue weighted by Gasteiger charge is 2.24. The number of rotatable bonds is 14. The second kappa shape index (κ2) is 13.6. The number of ether oxygens (including phenoxy) is 3. The van der Waals surface area contributed by atoms with Crippen molar-refractivity contribution >= 4 is 39.8 Å². The summed E-state index contributed by atoms with van der Waals surface area (Å²) in [7, 11) is 0. The summed E-state index contributed by atoms with van der Waals surface area (Å²) in [5, 5.41) is 18.3. The smallest absolute Gasteiger partial charge is 0.371 e. The maximum Gasteiger partial charge on any atom is 0.371 e. The van der Waals surface area contributed by atoms with Crippen LogP contribution in [0.1, 0.15) is 40.4 Å². The van der Waals surface area contributed by atoms with Gasteiger partial charge in [-0.25, -0.2) is 9.59 Å². The van der Waals surface area contributed by atoms with E-state index in [9.17, 15) is 34.2 Å². The van der Waals surface area contributed by atoms with Crippen LogP contribution in [0, 0.1) is 0 Å². The molecular weight excluding hydrogens is 568 g/mol. The van der Waals surface area contributed by atoms with Crippen LogP contribution in [0.25, 0.3) is 21.9 Å². The van der Waals surface area contributed by atoms with E-state index in [1.165, 1.54) is 36.4 Å². The summed E-state index contributed by atoms with van der Waals surface area (Å²) in [6.07, 6.45) is 0.460. The number of carboxylic acid groups (broad SMARTS) is 2. The van der Waals surface area contributed by atoms with Gasteiger partial charge in [-0.3, -0.25) is 14.4 Å². The van der Waals surface area contributed by atoms with Gasteiger partial charge in [-0.2, -0.15) is 0 Å². The van der Waals surface area contributed by atoms with E-state index in [4.69, 9.17) is 34.5 Å². The quantitative estimate of drug-likeness (QED) is 0.121. The van der Waals surface area contributed by atoms with Crippen LogP contribution in [0.3, 0.4) is 0 Å². The summed E-state index contributed by atoms with van der Waals surface area (Å²) in [5.74, 6) is -4.62. The summed E-state index contributed by atoms with van der Waals surface area (Å²) < 4.78 is 27.8. The molecule has 4 aromatic rings. The number of fused-ring (bicyclic) bond motifs is 2. The van der Waals surface area contributed by atoms with E-state index in [-0.39, 0.29) is 46.7 Å². The average Bonchev–Trinajstić information content (AvgIpc) is 2.97. The Kier molecular flexibility index (Phi) is 9.75. The fourth-order valence-electron chi connectivity index (χ4n) is 4.17. The molecule has 0 spiro atoms. The monoisotopic (exact) mass is 596 g/mol. The molecule has 0 aliphatic rings. The van der Waals surface area contributed by atoms with E-state index < -0.39 is 52.4 Å². The second-order valence-corrected chi connectivity index (χ2v) is 9.39. The van der Waals surface area contributed by atoms with Gasteiger partial charge in [-0.15, -0.1) is 0 Å². The molecule has 2 aromatic carbocycles. The molecule has 0 aliphatic carbocycles. The second-order valence-electron chi connectivity index (χ2n) is 9.39. The highest BCUT2D eigenvalue weighted by Crippen LogP contribution is 2.26. The number of hydrogen-bond donors (Lipinski definition) is 4. The Morgan fingerprint density at radius 3 is 1.72 bits per heavy atom. The van der Waals surface area contributed by atoms with Crippen LogP contribution in [-0.2, 0) is 9.53 Å². The molecule has 0 saturated heterocycles. The van der Waals surface area contributed by atoms with Crippen LogP contribution in [-0.4, -0.2) is 60.0 Å². The van der Waals surface area contributed by atoms with Crippen LogP contribution in [0.15, 0.2) is 67.0 Å². The van der Waals surface area contributed by atoms with Gasteiger partial charge in [0.25, 0.3) is 0 Å². The standard InChI is InChI=1S/C29H28N2O12/c30-10-2-1-5-16(31)29(38)41-15(13-39-19-6-3-8-21-25(19)17(32)11-23(42-21)27(34)35)14-40-20-7-4-9-22-26(20)18(33)12-24(43-22)28(36)37/h3-4,6-9,11-12,15-16H,1-2,5,10,13-14,30-31H2,(H,34,35)(H,36,37)/t16-/m0/s1. The first-order valence-electron chi connectivity index (χ1n) is 13.1. The Hall–Kier alpha value is -5.21. The molecule has 0 saturated carbocycles. The third-order valence-corrected chi connectivity index (χ3v) is 6.26. The predicted molar refractivity (Wildman–Crippen MR) is 151 cm³/mol. The summed E-state index contributed by atoms with van der Waals surface area (Å²) in [6.45, 7) is -0.252. The van der Waals surface area contributed by atoms with Gasteiger partial charge < -0.3 is 44.7 Å². The van der Waals surface area contributed by atoms with Gasteiger partial charge in [0.2, 0.25) is 11.5 Å². The van der Waals surface area contributed by atoms with E-state index in [0.29, 0.717) is 25.8 Å². The SMILES string of the molecule is NCCCC[C@H](N)C(=O)OC(COc1cccc2oc(C(=O)O)cc(=O)c12)COc1cccc2oc(C(=O)O)cc(=O)c12. The van der Waals surface area contributed by atoms with Crippen molar-refractivity contribution in [1.82, 2.24) is 0 Å². The minimum absolute atomic E-state index is 0.0297. The molecule has 0 amide bonds. The largest absolute Gasteiger partial charge is 0.489 e. The summed E-state index contributed by atoms with van der Waals surface area (Å²) in [4.78, 5) is 60.7. The van der Waals surface area contributed by atoms with E-state index in [0.717, 1.165) is 12.1 Å². The molecule has 0 aliphatic heterocycles. The number of carbonyl (C=O) groups excluding carboxylic acids is 1. The fourth-order valence-corrected chi connectivity index (χ4v) is 4.17. The number of unbranched alkanes of at least 4 members (excludes halogenated alkanes) is 1. The number of carboxylic acids is 2. The van der Waals surface area contributed by atoms with Crippen LogP contribution >= 0.6 is 0 Å². The molecule has 1 atom stereocenters. The minimum atomic E-state index is -1.42. The first-order valence-corrected chi connectivity index (χ1v) is 13.1. The van der Waals surface area contributed by atoms with Gasteiger partial charge in [0, 0.05) is 12.1 Å². The Bertz CT molecular complexity index is 1660. The van der Waals surface area contributed by atoms with Gasteiger partial charge in [0.05, 0.1) is 0 Å². The summed E-state index contributed by atoms with van der Waals surface area (Å²) in [5.41, 5.74) is 10.1. The molecule has 14 heteroatoms. The maximum atomic E-state index is 12.8. The summed E-state index contributed by atoms with van der Waals surface area (Å²) in [6, 6.07) is 9.35. The van der Waals surface area contributed by atoms with Crippen molar-refractivity contribution in [2.24, 2.45) is 11.5 Å². The molecule has 226 valence electrons. The first kappa shape index (κ1) is 30.7. The number of esters is 1. The van der Waals surface area contributed by atoms with Gasteiger partial charge >= 0.3 is 17.9 Å². The molecule has 0 fully saturated rings. The molecule has 0 unspecified atom stereocenters. The Labute approximate surface area is 242 Å². The highest BCUT2D eigenvalue weighted by atomic mass is 16.6. The molecule has 2 heterocycles. The van der Waals surface area contributed by atoms with Crippen molar-refractivity contribution in [3.05, 3.63) is 80.5 Å². The zero-order chi connectivity index (χ0) is 31.1. The van der Waals surface area contributed by atoms with Crippen molar-refractivity contribution in [1.29, 1.82) is 0 Å². The molecule has 4 rings (SSSR count). The number of hydrogen-bond acceptors (Lipinski definition) is 12. The number of benzene rings is 2. The molecular formula is C29H28N2O12. The van der Waals surface area contributed by atoms with Crippen LogP contribution in [0.4, 0.5) is 0 Å². The average molecular weight is 597 g/mol. The third kappa shape index (κ3) is 7.36. The van der Waals surface area contributed by atoms with Crippen molar-refractivity contribution in [3.63, 3.8) is 0 Å². The van der Waals surface area contributed by atoms with E-state index in [2.05, 4.69) is 0 Å². The van der Waals surface area contributed by atoms with Crippen molar-refractivity contribution in [3.8, 4) is 11.5 Å². The third-order valence-electron chi connectivity index (χ3n) is 6.26. The lowest BCUT2D eigenvalue weighted by Crippen LogP contribution is -2.39. The van der Waals surface area contributed by atoms with Gasteiger partial charge in [-0.1, -0.05) is 18.6 Å². The van der Waals surface area contributed by atoms with Crippen molar-refractivity contribution in [2.75, 3.05) is 19.8 Å². The van der Waals surface area contributed by atoms with E-state index in [1.54, 1.807) is 0 Å². The number of aromatic carboxylic acids is 2. The normalized spacial score (nSPS) is 11.9. The highest BCUT2D eigenvalue weighted by molar-refractivity contribution is 5.90. The lowest BCUT2D eigenvalue weighted by atomic mass is 10.1. The van der Waals surface area contributed by atoms with Crippen LogP contribution in [0.2, 0.25) is 0 Å². The zero-order valence-corrected chi connectivity index (χ0v) is 22.6. The molecule has 6 N–H and O–H groups in total. The Balaban J connectivity index is 1.59. The lowest BCUT2D eigenvalue weighted by molar-refractivity contribution is -0.154. The van der Waals surface area contributed by atoms with Crippen molar-refractivity contribution in [2.45, 2.75) is 31.4 Å². The van der Waals surface area contributed by atoms with Crippen molar-refractivity contribution < 1.29 is 47.6 Å². The van der Waals surface area contributed by atoms with Crippen LogP contribution in [0.5, 0.6) is 11.5 Å². The molecule has 43 heavy (non-hydrogen) atoms. The topological polar surface area (TPSA) is 232 Å². The van der Waals surface area contributed by atoms with Crippen LogP contribution < -0.4 is 31.8 Å².